The molecule has 1 amide bonds. The third-order valence-corrected chi connectivity index (χ3v) is 3.83. The lowest BCUT2D eigenvalue weighted by molar-refractivity contribution is 0.102. The smallest absolute Gasteiger partial charge is 0.258 e. The van der Waals surface area contributed by atoms with Gasteiger partial charge in [-0.2, -0.15) is 0 Å². The summed E-state index contributed by atoms with van der Waals surface area (Å²) in [5.74, 6) is 0.116. The molecule has 3 rings (SSSR count). The molecule has 0 aliphatic carbocycles. The van der Waals surface area contributed by atoms with E-state index in [-0.39, 0.29) is 11.3 Å². The lowest BCUT2D eigenvalue weighted by Crippen LogP contribution is -2.14. The molecule has 4 nitrogen and oxygen atoms in total. The largest absolute Gasteiger partial charge is 0.338 e. The van der Waals surface area contributed by atoms with Crippen LogP contribution in [0.1, 0.15) is 36.7 Å². The maximum atomic E-state index is 12.3. The van der Waals surface area contributed by atoms with E-state index in [1.54, 1.807) is 6.07 Å². The van der Waals surface area contributed by atoms with Crippen molar-refractivity contribution in [2.75, 3.05) is 5.32 Å². The molecule has 4 heteroatoms. The van der Waals surface area contributed by atoms with Gasteiger partial charge in [0.25, 0.3) is 5.91 Å². The summed E-state index contributed by atoms with van der Waals surface area (Å²) in [5, 5.41) is 6.73. The molecule has 0 aliphatic heterocycles. The lowest BCUT2D eigenvalue weighted by Gasteiger charge is -2.18. The van der Waals surface area contributed by atoms with Crippen LogP contribution in [0.25, 0.3) is 11.3 Å². The Morgan fingerprint density at radius 3 is 2.29 bits per heavy atom. The second kappa shape index (κ2) is 6.32. The maximum Gasteiger partial charge on any atom is 0.258 e. The third kappa shape index (κ3) is 3.54. The van der Waals surface area contributed by atoms with Crippen molar-refractivity contribution in [1.29, 1.82) is 0 Å². The van der Waals surface area contributed by atoms with Crippen LogP contribution in [0.2, 0.25) is 0 Å². The summed E-state index contributed by atoms with van der Waals surface area (Å²) in [7, 11) is 0. The number of hydrogen-bond acceptors (Lipinski definition) is 3. The lowest BCUT2D eigenvalue weighted by atomic mass is 9.87. The fraction of sp³-hybridized carbons (Fsp3) is 0.200. The van der Waals surface area contributed by atoms with E-state index in [1.165, 1.54) is 5.56 Å². The predicted molar refractivity (Wildman–Crippen MR) is 95.0 cm³/mol. The van der Waals surface area contributed by atoms with Crippen LogP contribution in [0, 0.1) is 0 Å². The van der Waals surface area contributed by atoms with Crippen molar-refractivity contribution in [3.05, 3.63) is 71.8 Å². The number of anilines is 1. The Balaban J connectivity index is 1.72. The van der Waals surface area contributed by atoms with Gasteiger partial charge in [-0.25, -0.2) is 0 Å². The van der Waals surface area contributed by atoms with Gasteiger partial charge in [-0.05, 0) is 23.1 Å². The number of amides is 1. The topological polar surface area (TPSA) is 55.1 Å². The number of rotatable bonds is 3. The van der Waals surface area contributed by atoms with E-state index in [1.807, 2.05) is 54.6 Å². The second-order valence-electron chi connectivity index (χ2n) is 6.72. The molecule has 0 saturated carbocycles. The normalized spacial score (nSPS) is 11.3. The van der Waals surface area contributed by atoms with Crippen molar-refractivity contribution < 1.29 is 9.32 Å². The highest BCUT2D eigenvalue weighted by molar-refractivity contribution is 6.03. The van der Waals surface area contributed by atoms with E-state index in [9.17, 15) is 4.79 Å². The Bertz CT molecular complexity index is 828. The SMILES string of the molecule is CC(C)(C)c1ccc(C(=O)Nc2cc(-c3ccccc3)no2)cc1. The second-order valence-corrected chi connectivity index (χ2v) is 6.72. The quantitative estimate of drug-likeness (QED) is 0.747. The Kier molecular flexibility index (Phi) is 4.21. The summed E-state index contributed by atoms with van der Waals surface area (Å²) in [6.07, 6.45) is 0. The maximum absolute atomic E-state index is 12.3. The molecular weight excluding hydrogens is 300 g/mol. The highest BCUT2D eigenvalue weighted by atomic mass is 16.5. The summed E-state index contributed by atoms with van der Waals surface area (Å²) in [6, 6.07) is 19.0. The fourth-order valence-electron chi connectivity index (χ4n) is 2.38. The number of carbonyl (C=O) groups is 1. The summed E-state index contributed by atoms with van der Waals surface area (Å²) in [5.41, 5.74) is 3.46. The van der Waals surface area contributed by atoms with Crippen molar-refractivity contribution in [2.45, 2.75) is 26.2 Å². The summed E-state index contributed by atoms with van der Waals surface area (Å²) < 4.78 is 5.21. The average Bonchev–Trinajstić information content (AvgIpc) is 3.03. The number of benzene rings is 2. The van der Waals surface area contributed by atoms with E-state index in [0.29, 0.717) is 17.1 Å². The van der Waals surface area contributed by atoms with Crippen LogP contribution in [0.3, 0.4) is 0 Å². The van der Waals surface area contributed by atoms with Crippen molar-refractivity contribution in [1.82, 2.24) is 5.16 Å². The van der Waals surface area contributed by atoms with Crippen molar-refractivity contribution in [3.63, 3.8) is 0 Å². The van der Waals surface area contributed by atoms with Crippen LogP contribution in [-0.2, 0) is 5.41 Å². The number of nitrogens with zero attached hydrogens (tertiary/aromatic N) is 1. The zero-order chi connectivity index (χ0) is 17.2. The highest BCUT2D eigenvalue weighted by Crippen LogP contribution is 2.24. The molecule has 0 atom stereocenters. The molecule has 0 bridgehead atoms. The standard InChI is InChI=1S/C20H20N2O2/c1-20(2,3)16-11-9-15(10-12-16)19(23)21-18-13-17(22-24-18)14-7-5-4-6-8-14/h4-13H,1-3H3,(H,21,23). The summed E-state index contributed by atoms with van der Waals surface area (Å²) in [4.78, 5) is 12.3. The molecule has 1 N–H and O–H groups in total. The van der Waals surface area contributed by atoms with Crippen molar-refractivity contribution in [2.24, 2.45) is 0 Å². The van der Waals surface area contributed by atoms with E-state index in [2.05, 4.69) is 31.2 Å². The van der Waals surface area contributed by atoms with Crippen molar-refractivity contribution >= 4 is 11.8 Å². The van der Waals surface area contributed by atoms with Gasteiger partial charge in [-0.3, -0.25) is 10.1 Å². The van der Waals surface area contributed by atoms with E-state index in [0.717, 1.165) is 5.56 Å². The van der Waals surface area contributed by atoms with Crippen LogP contribution in [0.15, 0.2) is 65.2 Å². The molecule has 2 aromatic carbocycles. The molecule has 0 radical (unpaired) electrons. The van der Waals surface area contributed by atoms with Gasteiger partial charge in [0.1, 0.15) is 5.69 Å². The Labute approximate surface area is 141 Å². The first-order valence-electron chi connectivity index (χ1n) is 7.87. The Morgan fingerprint density at radius 1 is 1.00 bits per heavy atom. The van der Waals surface area contributed by atoms with Crippen LogP contribution in [-0.4, -0.2) is 11.1 Å². The van der Waals surface area contributed by atoms with Gasteiger partial charge in [-0.1, -0.05) is 68.4 Å². The van der Waals surface area contributed by atoms with E-state index in [4.69, 9.17) is 4.52 Å². The molecule has 122 valence electrons. The van der Waals surface area contributed by atoms with Gasteiger partial charge in [0, 0.05) is 17.2 Å². The van der Waals surface area contributed by atoms with Gasteiger partial charge in [0.2, 0.25) is 5.88 Å². The minimum atomic E-state index is -0.216. The van der Waals surface area contributed by atoms with Crippen LogP contribution >= 0.6 is 0 Å². The molecule has 3 aromatic rings. The molecular formula is C20H20N2O2. The number of aromatic nitrogens is 1. The van der Waals surface area contributed by atoms with Gasteiger partial charge < -0.3 is 4.52 Å². The average molecular weight is 320 g/mol. The molecule has 0 unspecified atom stereocenters. The predicted octanol–water partition coefficient (Wildman–Crippen LogP) is 4.89. The van der Waals surface area contributed by atoms with Gasteiger partial charge >= 0.3 is 0 Å². The molecule has 0 saturated heterocycles. The first-order chi connectivity index (χ1) is 11.4. The molecule has 0 fully saturated rings. The first kappa shape index (κ1) is 16.0. The van der Waals surface area contributed by atoms with Gasteiger partial charge in [-0.15, -0.1) is 0 Å². The monoisotopic (exact) mass is 320 g/mol. The molecule has 1 aromatic heterocycles. The zero-order valence-corrected chi connectivity index (χ0v) is 14.0. The minimum absolute atomic E-state index is 0.0600. The first-order valence-corrected chi connectivity index (χ1v) is 7.87. The van der Waals surface area contributed by atoms with Crippen LogP contribution in [0.4, 0.5) is 5.88 Å². The zero-order valence-electron chi connectivity index (χ0n) is 14.0. The van der Waals surface area contributed by atoms with Crippen LogP contribution < -0.4 is 5.32 Å². The summed E-state index contributed by atoms with van der Waals surface area (Å²) in [6.45, 7) is 6.42. The third-order valence-electron chi connectivity index (χ3n) is 3.83. The highest BCUT2D eigenvalue weighted by Gasteiger charge is 2.15. The molecule has 24 heavy (non-hydrogen) atoms. The fourth-order valence-corrected chi connectivity index (χ4v) is 2.38. The Morgan fingerprint density at radius 2 is 1.67 bits per heavy atom. The molecule has 0 aliphatic rings. The number of nitrogens with one attached hydrogen (secondary N) is 1. The number of carbonyl (C=O) groups excluding carboxylic acids is 1. The van der Waals surface area contributed by atoms with Crippen molar-refractivity contribution in [3.8, 4) is 11.3 Å². The van der Waals surface area contributed by atoms with Gasteiger partial charge in [0.15, 0.2) is 0 Å². The van der Waals surface area contributed by atoms with Crippen LogP contribution in [0.5, 0.6) is 0 Å². The molecule has 1 heterocycles. The Hall–Kier alpha value is -2.88. The van der Waals surface area contributed by atoms with Gasteiger partial charge in [0.05, 0.1) is 0 Å². The minimum Gasteiger partial charge on any atom is -0.338 e. The summed E-state index contributed by atoms with van der Waals surface area (Å²) >= 11 is 0. The molecule has 0 spiro atoms. The number of hydrogen-bond donors (Lipinski definition) is 1. The van der Waals surface area contributed by atoms with E-state index >= 15 is 0 Å². The van der Waals surface area contributed by atoms with E-state index < -0.39 is 0 Å².